The van der Waals surface area contributed by atoms with Crippen LogP contribution in [0.2, 0.25) is 0 Å². The summed E-state index contributed by atoms with van der Waals surface area (Å²) in [7, 11) is 0. The van der Waals surface area contributed by atoms with Gasteiger partial charge in [-0.15, -0.1) is 0 Å². The highest BCUT2D eigenvalue weighted by atomic mass is 19.4. The lowest BCUT2D eigenvalue weighted by Gasteiger charge is -2.38. The van der Waals surface area contributed by atoms with E-state index in [0.29, 0.717) is 57.9 Å². The molecule has 0 bridgehead atoms. The van der Waals surface area contributed by atoms with Crippen LogP contribution in [0.5, 0.6) is 5.75 Å². The van der Waals surface area contributed by atoms with E-state index in [0.717, 1.165) is 17.2 Å². The Morgan fingerprint density at radius 2 is 1.62 bits per heavy atom. The van der Waals surface area contributed by atoms with E-state index in [-0.39, 0.29) is 23.7 Å². The smallest absolute Gasteiger partial charge is 0.416 e. The summed E-state index contributed by atoms with van der Waals surface area (Å²) in [5.41, 5.74) is 1.98. The number of benzene rings is 3. The van der Waals surface area contributed by atoms with Crippen LogP contribution in [0.3, 0.4) is 0 Å². The van der Waals surface area contributed by atoms with Crippen molar-refractivity contribution >= 4 is 11.6 Å². The molecule has 2 saturated heterocycles. The van der Waals surface area contributed by atoms with Gasteiger partial charge in [-0.3, -0.25) is 9.69 Å². The summed E-state index contributed by atoms with van der Waals surface area (Å²) in [5, 5.41) is 13.3. The number of alkyl halides is 3. The number of nitrogens with one attached hydrogen (secondary N) is 1. The molecule has 1 amide bonds. The van der Waals surface area contributed by atoms with Gasteiger partial charge in [0.05, 0.1) is 11.6 Å². The maximum atomic E-state index is 13.8. The van der Waals surface area contributed by atoms with Gasteiger partial charge < -0.3 is 20.2 Å². The Labute approximate surface area is 226 Å². The highest BCUT2D eigenvalue weighted by Crippen LogP contribution is 2.32. The number of piperazine rings is 1. The molecule has 2 aliphatic heterocycles. The van der Waals surface area contributed by atoms with Crippen LogP contribution in [0.15, 0.2) is 78.9 Å². The average molecular weight is 539 g/mol. The molecular weight excluding hydrogens is 505 g/mol. The lowest BCUT2D eigenvalue weighted by molar-refractivity contribution is -0.137. The molecule has 2 aliphatic rings. The summed E-state index contributed by atoms with van der Waals surface area (Å²) >= 11 is 0. The zero-order chi connectivity index (χ0) is 27.4. The first-order chi connectivity index (χ1) is 18.8. The van der Waals surface area contributed by atoms with Crippen molar-refractivity contribution in [2.24, 2.45) is 0 Å². The van der Waals surface area contributed by atoms with Crippen LogP contribution in [0.25, 0.3) is 0 Å². The monoisotopic (exact) mass is 538 g/mol. The molecule has 2 N–H and O–H groups in total. The number of phenols is 1. The van der Waals surface area contributed by atoms with Gasteiger partial charge in [-0.1, -0.05) is 48.5 Å². The van der Waals surface area contributed by atoms with Crippen molar-refractivity contribution < 1.29 is 23.1 Å². The molecule has 0 saturated carbocycles. The molecule has 0 spiro atoms. The summed E-state index contributed by atoms with van der Waals surface area (Å²) in [6.07, 6.45) is -3.72. The molecule has 0 radical (unpaired) electrons. The van der Waals surface area contributed by atoms with E-state index in [2.05, 4.69) is 22.3 Å². The molecule has 0 aromatic heterocycles. The van der Waals surface area contributed by atoms with Crippen molar-refractivity contribution in [3.63, 3.8) is 0 Å². The van der Waals surface area contributed by atoms with E-state index in [1.165, 1.54) is 12.1 Å². The minimum absolute atomic E-state index is 0.0660. The van der Waals surface area contributed by atoms with Crippen molar-refractivity contribution in [3.05, 3.63) is 95.6 Å². The molecule has 9 heteroatoms. The number of rotatable bonds is 7. The molecule has 5 rings (SSSR count). The molecule has 3 aromatic carbocycles. The minimum atomic E-state index is -4.38. The van der Waals surface area contributed by atoms with Crippen molar-refractivity contribution in [3.8, 4) is 5.75 Å². The molecule has 206 valence electrons. The van der Waals surface area contributed by atoms with Gasteiger partial charge in [-0.2, -0.15) is 13.2 Å². The summed E-state index contributed by atoms with van der Waals surface area (Å²) < 4.78 is 39.5. The van der Waals surface area contributed by atoms with Crippen molar-refractivity contribution in [1.82, 2.24) is 15.1 Å². The summed E-state index contributed by atoms with van der Waals surface area (Å²) in [5.74, 6) is 0.292. The van der Waals surface area contributed by atoms with Crippen molar-refractivity contribution in [2.75, 3.05) is 37.6 Å². The predicted octanol–water partition coefficient (Wildman–Crippen LogP) is 4.49. The molecular formula is C30H33F3N4O2. The van der Waals surface area contributed by atoms with E-state index in [4.69, 9.17) is 0 Å². The summed E-state index contributed by atoms with van der Waals surface area (Å²) in [6, 6.07) is 22.4. The number of aromatic hydroxyl groups is 1. The molecule has 2 heterocycles. The maximum Gasteiger partial charge on any atom is 0.416 e. The Morgan fingerprint density at radius 3 is 2.33 bits per heavy atom. The van der Waals surface area contributed by atoms with Crippen LogP contribution in [0, 0.1) is 0 Å². The largest absolute Gasteiger partial charge is 0.508 e. The fourth-order valence-corrected chi connectivity index (χ4v) is 5.50. The molecule has 0 unspecified atom stereocenters. The van der Waals surface area contributed by atoms with E-state index in [9.17, 15) is 23.1 Å². The van der Waals surface area contributed by atoms with Gasteiger partial charge in [0.1, 0.15) is 5.75 Å². The lowest BCUT2D eigenvalue weighted by atomic mass is 10.1. The first-order valence-corrected chi connectivity index (χ1v) is 13.3. The number of carbonyl (C=O) groups is 1. The number of carbonyl (C=O) groups excluding carboxylic acids is 1. The number of likely N-dealkylation sites (tertiary alicyclic amines) is 1. The third-order valence-electron chi connectivity index (χ3n) is 7.55. The first-order valence-electron chi connectivity index (χ1n) is 13.3. The standard InChI is InChI=1S/C30H33F3N4O2/c31-30(32,33)24-9-5-10-26(17-24)35-12-14-36(15-13-35)29(39)28-18-25(34-19-23-8-4-11-27(38)16-23)21-37(28)20-22-6-2-1-3-7-22/h1-11,16-17,25,28,34,38H,12-15,18-21H2/t25-,28+/m1/s1. The first kappa shape index (κ1) is 27.0. The fourth-order valence-electron chi connectivity index (χ4n) is 5.50. The number of anilines is 1. The Kier molecular flexibility index (Phi) is 8.09. The van der Waals surface area contributed by atoms with Crippen LogP contribution >= 0.6 is 0 Å². The second kappa shape index (κ2) is 11.7. The number of nitrogens with zero attached hydrogens (tertiary/aromatic N) is 3. The lowest BCUT2D eigenvalue weighted by Crippen LogP contribution is -2.53. The Bertz CT molecular complexity index is 1260. The quantitative estimate of drug-likeness (QED) is 0.464. The summed E-state index contributed by atoms with van der Waals surface area (Å²) in [4.78, 5) is 19.7. The molecule has 2 atom stereocenters. The molecule has 3 aromatic rings. The van der Waals surface area contributed by atoms with Crippen LogP contribution in [-0.4, -0.2) is 65.6 Å². The molecule has 6 nitrogen and oxygen atoms in total. The van der Waals surface area contributed by atoms with E-state index in [1.807, 2.05) is 40.1 Å². The Hall–Kier alpha value is -3.56. The van der Waals surface area contributed by atoms with Gasteiger partial charge >= 0.3 is 6.18 Å². The number of halogens is 3. The Balaban J connectivity index is 1.24. The zero-order valence-electron chi connectivity index (χ0n) is 21.6. The average Bonchev–Trinajstić information content (AvgIpc) is 3.34. The SMILES string of the molecule is O=C([C@@H]1C[C@@H](NCc2cccc(O)c2)CN1Cc1ccccc1)N1CCN(c2cccc(C(F)(F)F)c2)CC1. The number of hydrogen-bond acceptors (Lipinski definition) is 5. The van der Waals surface area contributed by atoms with Crippen molar-refractivity contribution in [1.29, 1.82) is 0 Å². The number of hydrogen-bond donors (Lipinski definition) is 2. The highest BCUT2D eigenvalue weighted by Gasteiger charge is 2.39. The highest BCUT2D eigenvalue weighted by molar-refractivity contribution is 5.82. The van der Waals surface area contributed by atoms with Gasteiger partial charge in [-0.25, -0.2) is 0 Å². The van der Waals surface area contributed by atoms with Crippen LogP contribution in [-0.2, 0) is 24.1 Å². The number of phenolic OH excluding ortho intramolecular Hbond substituents is 1. The second-order valence-corrected chi connectivity index (χ2v) is 10.3. The van der Waals surface area contributed by atoms with Gasteiger partial charge in [0.25, 0.3) is 0 Å². The van der Waals surface area contributed by atoms with E-state index in [1.54, 1.807) is 18.2 Å². The normalized spacial score (nSPS) is 20.4. The van der Waals surface area contributed by atoms with Gasteiger partial charge in [0.15, 0.2) is 0 Å². The van der Waals surface area contributed by atoms with Gasteiger partial charge in [-0.05, 0) is 47.9 Å². The van der Waals surface area contributed by atoms with Crippen LogP contribution in [0.1, 0.15) is 23.1 Å². The zero-order valence-corrected chi connectivity index (χ0v) is 21.6. The van der Waals surface area contributed by atoms with Gasteiger partial charge in [0, 0.05) is 57.5 Å². The molecule has 0 aliphatic carbocycles. The van der Waals surface area contributed by atoms with Gasteiger partial charge in [0.2, 0.25) is 5.91 Å². The van der Waals surface area contributed by atoms with Crippen LogP contribution in [0.4, 0.5) is 18.9 Å². The van der Waals surface area contributed by atoms with E-state index < -0.39 is 11.7 Å². The molecule has 2 fully saturated rings. The summed E-state index contributed by atoms with van der Waals surface area (Å²) in [6.45, 7) is 3.86. The Morgan fingerprint density at radius 1 is 0.897 bits per heavy atom. The second-order valence-electron chi connectivity index (χ2n) is 10.3. The third-order valence-corrected chi connectivity index (χ3v) is 7.55. The third kappa shape index (κ3) is 6.72. The predicted molar refractivity (Wildman–Crippen MR) is 144 cm³/mol. The molecule has 39 heavy (non-hydrogen) atoms. The van der Waals surface area contributed by atoms with E-state index >= 15 is 0 Å². The fraction of sp³-hybridized carbons (Fsp3) is 0.367. The topological polar surface area (TPSA) is 59.1 Å². The van der Waals surface area contributed by atoms with Crippen LogP contribution < -0.4 is 10.2 Å². The minimum Gasteiger partial charge on any atom is -0.508 e. The van der Waals surface area contributed by atoms with Crippen molar-refractivity contribution in [2.45, 2.75) is 37.8 Å². The maximum absolute atomic E-state index is 13.8. The number of amides is 1.